The third kappa shape index (κ3) is 2.48. The zero-order chi connectivity index (χ0) is 13.4. The molecule has 0 saturated heterocycles. The minimum absolute atomic E-state index is 0.142. The van der Waals surface area contributed by atoms with Crippen molar-refractivity contribution in [1.29, 1.82) is 0 Å². The largest absolute Gasteiger partial charge is 0.302 e. The molecule has 0 fully saturated rings. The Morgan fingerprint density at radius 1 is 1.26 bits per heavy atom. The van der Waals surface area contributed by atoms with Crippen LogP contribution in [0.15, 0.2) is 30.3 Å². The van der Waals surface area contributed by atoms with E-state index < -0.39 is 5.82 Å². The number of rotatable bonds is 1. The van der Waals surface area contributed by atoms with E-state index in [1.165, 1.54) is 11.6 Å². The molecule has 1 aliphatic heterocycles. The van der Waals surface area contributed by atoms with Crippen LogP contribution in [-0.2, 0) is 13.0 Å². The maximum absolute atomic E-state index is 13.5. The van der Waals surface area contributed by atoms with Gasteiger partial charge in [0.05, 0.1) is 10.7 Å². The number of benzene rings is 1. The van der Waals surface area contributed by atoms with Gasteiger partial charge in [-0.1, -0.05) is 23.7 Å². The quantitative estimate of drug-likeness (QED) is 0.792. The SMILES string of the molecule is CN1CCc2nc(-c3ccc(Cl)c(F)c3)ccc2C1. The van der Waals surface area contributed by atoms with E-state index >= 15 is 0 Å². The van der Waals surface area contributed by atoms with Gasteiger partial charge in [0.1, 0.15) is 5.82 Å². The summed E-state index contributed by atoms with van der Waals surface area (Å²) in [6, 6.07) is 8.84. The predicted octanol–water partition coefficient (Wildman–Crippen LogP) is 3.53. The van der Waals surface area contributed by atoms with Gasteiger partial charge < -0.3 is 4.90 Å². The van der Waals surface area contributed by atoms with E-state index in [1.54, 1.807) is 12.1 Å². The van der Waals surface area contributed by atoms with Gasteiger partial charge in [0.15, 0.2) is 0 Å². The van der Waals surface area contributed by atoms with E-state index in [4.69, 9.17) is 11.6 Å². The Hall–Kier alpha value is -1.45. The molecule has 4 heteroatoms. The molecule has 0 unspecified atom stereocenters. The molecular formula is C15H14ClFN2. The standard InChI is InChI=1S/C15H14ClFN2/c1-19-7-6-15-11(9-19)3-5-14(18-15)10-2-4-12(16)13(17)8-10/h2-5,8H,6-7,9H2,1H3. The van der Waals surface area contributed by atoms with Crippen LogP contribution in [0.5, 0.6) is 0 Å². The predicted molar refractivity (Wildman–Crippen MR) is 74.7 cm³/mol. The third-order valence-corrected chi connectivity index (χ3v) is 3.76. The minimum Gasteiger partial charge on any atom is -0.302 e. The van der Waals surface area contributed by atoms with Crippen LogP contribution in [0.2, 0.25) is 5.02 Å². The minimum atomic E-state index is -0.404. The number of nitrogens with zero attached hydrogens (tertiary/aromatic N) is 2. The summed E-state index contributed by atoms with van der Waals surface area (Å²) >= 11 is 5.70. The highest BCUT2D eigenvalue weighted by Gasteiger charge is 2.15. The van der Waals surface area contributed by atoms with Crippen LogP contribution in [0.25, 0.3) is 11.3 Å². The molecule has 2 nitrogen and oxygen atoms in total. The maximum atomic E-state index is 13.5. The normalized spacial score (nSPS) is 15.3. The molecule has 0 radical (unpaired) electrons. The first-order chi connectivity index (χ1) is 9.13. The molecular weight excluding hydrogens is 263 g/mol. The lowest BCUT2D eigenvalue weighted by Crippen LogP contribution is -2.27. The second-order valence-electron chi connectivity index (χ2n) is 4.92. The van der Waals surface area contributed by atoms with Crippen LogP contribution in [0.4, 0.5) is 4.39 Å². The number of halogens is 2. The average molecular weight is 277 g/mol. The van der Waals surface area contributed by atoms with Crippen molar-refractivity contribution < 1.29 is 4.39 Å². The van der Waals surface area contributed by atoms with E-state index in [2.05, 4.69) is 23.0 Å². The van der Waals surface area contributed by atoms with Crippen LogP contribution in [0, 0.1) is 5.82 Å². The molecule has 19 heavy (non-hydrogen) atoms. The van der Waals surface area contributed by atoms with Gasteiger partial charge in [-0.25, -0.2) is 4.39 Å². The fourth-order valence-corrected chi connectivity index (χ4v) is 2.49. The fraction of sp³-hybridized carbons (Fsp3) is 0.267. The van der Waals surface area contributed by atoms with Crippen LogP contribution in [0.1, 0.15) is 11.3 Å². The maximum Gasteiger partial charge on any atom is 0.142 e. The Kier molecular flexibility index (Phi) is 3.25. The van der Waals surface area contributed by atoms with Crippen LogP contribution < -0.4 is 0 Å². The molecule has 3 rings (SSSR count). The number of aromatic nitrogens is 1. The summed E-state index contributed by atoms with van der Waals surface area (Å²) in [5.74, 6) is -0.404. The van der Waals surface area contributed by atoms with Crippen molar-refractivity contribution >= 4 is 11.6 Å². The van der Waals surface area contributed by atoms with Crippen molar-refractivity contribution in [2.75, 3.05) is 13.6 Å². The van der Waals surface area contributed by atoms with Gasteiger partial charge in [-0.15, -0.1) is 0 Å². The lowest BCUT2D eigenvalue weighted by molar-refractivity contribution is 0.310. The molecule has 1 aromatic heterocycles. The van der Waals surface area contributed by atoms with Gasteiger partial charge in [-0.3, -0.25) is 4.98 Å². The Bertz CT molecular complexity index is 628. The molecule has 1 aliphatic rings. The monoisotopic (exact) mass is 276 g/mol. The first-order valence-corrected chi connectivity index (χ1v) is 6.64. The Labute approximate surface area is 116 Å². The van der Waals surface area contributed by atoms with Gasteiger partial charge in [0.25, 0.3) is 0 Å². The summed E-state index contributed by atoms with van der Waals surface area (Å²) in [5, 5.41) is 0.142. The molecule has 0 spiro atoms. The van der Waals surface area contributed by atoms with E-state index in [1.807, 2.05) is 6.07 Å². The number of pyridine rings is 1. The van der Waals surface area contributed by atoms with Crippen molar-refractivity contribution in [1.82, 2.24) is 9.88 Å². The fourth-order valence-electron chi connectivity index (χ4n) is 2.37. The second-order valence-corrected chi connectivity index (χ2v) is 5.33. The molecule has 0 amide bonds. The molecule has 98 valence electrons. The number of hydrogen-bond donors (Lipinski definition) is 0. The van der Waals surface area contributed by atoms with Gasteiger partial charge in [0.2, 0.25) is 0 Å². The van der Waals surface area contributed by atoms with Crippen molar-refractivity contribution in [2.24, 2.45) is 0 Å². The van der Waals surface area contributed by atoms with Crippen LogP contribution >= 0.6 is 11.6 Å². The number of hydrogen-bond acceptors (Lipinski definition) is 2. The molecule has 2 heterocycles. The molecule has 0 saturated carbocycles. The van der Waals surface area contributed by atoms with E-state index in [-0.39, 0.29) is 5.02 Å². The second kappa shape index (κ2) is 4.91. The van der Waals surface area contributed by atoms with Gasteiger partial charge in [0, 0.05) is 30.8 Å². The Morgan fingerprint density at radius 2 is 2.11 bits per heavy atom. The van der Waals surface area contributed by atoms with Gasteiger partial charge >= 0.3 is 0 Å². The summed E-state index contributed by atoms with van der Waals surface area (Å²) in [5.41, 5.74) is 3.94. The van der Waals surface area contributed by atoms with Crippen molar-refractivity contribution in [3.63, 3.8) is 0 Å². The molecule has 2 aromatic rings. The number of likely N-dealkylation sites (N-methyl/N-ethyl adjacent to an activating group) is 1. The summed E-state index contributed by atoms with van der Waals surface area (Å²) in [7, 11) is 2.10. The van der Waals surface area contributed by atoms with Crippen molar-refractivity contribution in [2.45, 2.75) is 13.0 Å². The lowest BCUT2D eigenvalue weighted by Gasteiger charge is -2.24. The summed E-state index contributed by atoms with van der Waals surface area (Å²) in [6.07, 6.45) is 0.940. The summed E-state index contributed by atoms with van der Waals surface area (Å²) in [4.78, 5) is 6.92. The van der Waals surface area contributed by atoms with Gasteiger partial charge in [-0.2, -0.15) is 0 Å². The first kappa shape index (κ1) is 12.6. The Morgan fingerprint density at radius 3 is 2.89 bits per heavy atom. The summed E-state index contributed by atoms with van der Waals surface area (Å²) < 4.78 is 13.5. The Balaban J connectivity index is 2.00. The first-order valence-electron chi connectivity index (χ1n) is 6.26. The highest BCUT2D eigenvalue weighted by Crippen LogP contribution is 2.25. The van der Waals surface area contributed by atoms with Crippen molar-refractivity contribution in [3.8, 4) is 11.3 Å². The highest BCUT2D eigenvalue weighted by molar-refractivity contribution is 6.30. The molecule has 0 N–H and O–H groups in total. The average Bonchev–Trinajstić information content (AvgIpc) is 2.41. The third-order valence-electron chi connectivity index (χ3n) is 3.45. The zero-order valence-corrected chi connectivity index (χ0v) is 11.4. The van der Waals surface area contributed by atoms with Gasteiger partial charge in [-0.05, 0) is 30.8 Å². The molecule has 1 aromatic carbocycles. The van der Waals surface area contributed by atoms with Crippen LogP contribution in [0.3, 0.4) is 0 Å². The van der Waals surface area contributed by atoms with Crippen molar-refractivity contribution in [3.05, 3.63) is 52.4 Å². The highest BCUT2D eigenvalue weighted by atomic mass is 35.5. The van der Waals surface area contributed by atoms with E-state index in [0.29, 0.717) is 0 Å². The smallest absolute Gasteiger partial charge is 0.142 e. The zero-order valence-electron chi connectivity index (χ0n) is 10.7. The lowest BCUT2D eigenvalue weighted by atomic mass is 10.0. The molecule has 0 aliphatic carbocycles. The molecule has 0 atom stereocenters. The van der Waals surface area contributed by atoms with E-state index in [9.17, 15) is 4.39 Å². The van der Waals surface area contributed by atoms with E-state index in [0.717, 1.165) is 36.5 Å². The number of fused-ring (bicyclic) bond motifs is 1. The van der Waals surface area contributed by atoms with Crippen LogP contribution in [-0.4, -0.2) is 23.5 Å². The molecule has 0 bridgehead atoms. The summed E-state index contributed by atoms with van der Waals surface area (Å²) in [6.45, 7) is 1.94. The topological polar surface area (TPSA) is 16.1 Å².